The first-order chi connectivity index (χ1) is 10.4. The van der Waals surface area contributed by atoms with Gasteiger partial charge in [-0.05, 0) is 17.7 Å². The third-order valence-corrected chi connectivity index (χ3v) is 5.41. The summed E-state index contributed by atoms with van der Waals surface area (Å²) in [5.74, 6) is 1.63. The van der Waals surface area contributed by atoms with Crippen LogP contribution in [0.2, 0.25) is 0 Å². The average molecular weight is 293 g/mol. The van der Waals surface area contributed by atoms with Gasteiger partial charge >= 0.3 is 0 Å². The fourth-order valence-electron chi connectivity index (χ4n) is 3.14. The third kappa shape index (κ3) is 2.09. The summed E-state index contributed by atoms with van der Waals surface area (Å²) >= 11 is 1.93. The number of aromatic nitrogens is 1. The van der Waals surface area contributed by atoms with E-state index in [-0.39, 0.29) is 0 Å². The van der Waals surface area contributed by atoms with Crippen LogP contribution in [-0.4, -0.2) is 16.6 Å². The van der Waals surface area contributed by atoms with Crippen molar-refractivity contribution in [2.75, 3.05) is 5.75 Å². The van der Waals surface area contributed by atoms with Gasteiger partial charge in [-0.25, -0.2) is 0 Å². The number of hydrogen-bond acceptors (Lipinski definition) is 2. The Hall–Kier alpha value is -2.00. The molecule has 2 aromatic carbocycles. The van der Waals surface area contributed by atoms with E-state index in [4.69, 9.17) is 0 Å². The molecule has 0 bridgehead atoms. The number of thioether (sulfide) groups is 1. The van der Waals surface area contributed by atoms with Gasteiger partial charge in [0.05, 0.1) is 0 Å². The van der Waals surface area contributed by atoms with Gasteiger partial charge in [0.2, 0.25) is 0 Å². The summed E-state index contributed by atoms with van der Waals surface area (Å²) in [6.07, 6.45) is 2.94. The molecular weight excluding hydrogens is 278 g/mol. The number of carbonyl (C=O) groups excluding carboxylic acids is 1. The number of benzene rings is 2. The molecule has 2 heterocycles. The molecule has 104 valence electrons. The fraction of sp³-hybridized carbons (Fsp3) is 0.167. The van der Waals surface area contributed by atoms with Crippen LogP contribution < -0.4 is 0 Å². The van der Waals surface area contributed by atoms with E-state index >= 15 is 0 Å². The Balaban J connectivity index is 1.74. The van der Waals surface area contributed by atoms with Crippen LogP contribution in [0.25, 0.3) is 10.9 Å². The number of hydrogen-bond donors (Lipinski definition) is 0. The van der Waals surface area contributed by atoms with Gasteiger partial charge in [0.25, 0.3) is 0 Å². The van der Waals surface area contributed by atoms with E-state index < -0.39 is 0 Å². The van der Waals surface area contributed by atoms with Crippen molar-refractivity contribution in [2.45, 2.75) is 17.4 Å². The molecule has 1 aliphatic rings. The molecule has 0 aliphatic carbocycles. The summed E-state index contributed by atoms with van der Waals surface area (Å²) in [4.78, 5) is 12.6. The quantitative estimate of drug-likeness (QED) is 0.670. The highest BCUT2D eigenvalue weighted by Crippen LogP contribution is 2.40. The number of carbonyl (C=O) groups is 1. The molecule has 0 fully saturated rings. The van der Waals surface area contributed by atoms with Crippen LogP contribution in [0.5, 0.6) is 0 Å². The van der Waals surface area contributed by atoms with Gasteiger partial charge in [-0.2, -0.15) is 0 Å². The Morgan fingerprint density at radius 2 is 1.95 bits per heavy atom. The molecule has 1 aliphatic heterocycles. The van der Waals surface area contributed by atoms with Crippen molar-refractivity contribution in [3.05, 3.63) is 65.9 Å². The van der Waals surface area contributed by atoms with Crippen molar-refractivity contribution >= 4 is 29.0 Å². The predicted octanol–water partition coefficient (Wildman–Crippen LogP) is 4.34. The van der Waals surface area contributed by atoms with Crippen LogP contribution >= 0.6 is 11.8 Å². The molecule has 3 aromatic rings. The molecule has 0 radical (unpaired) electrons. The molecular formula is C18H15NOS. The summed E-state index contributed by atoms with van der Waals surface area (Å²) in [6.45, 7) is 0.929. The van der Waals surface area contributed by atoms with Crippen molar-refractivity contribution < 1.29 is 4.79 Å². The summed E-state index contributed by atoms with van der Waals surface area (Å²) in [5, 5.41) is 1.05. The Morgan fingerprint density at radius 1 is 1.14 bits per heavy atom. The number of rotatable bonds is 3. The van der Waals surface area contributed by atoms with Gasteiger partial charge in [-0.1, -0.05) is 36.4 Å². The molecule has 0 amide bonds. The standard InChI is InChI=1S/C18H15NOS/c20-11-13-9-19(17-7-3-1-5-15(13)17)10-14-12-21-18-8-4-2-6-16(14)18/h1-9,11,14H,10,12H2. The minimum Gasteiger partial charge on any atom is -0.346 e. The SMILES string of the molecule is O=Cc1cn(CC2CSc3ccccc32)c2ccccc12. The second-order valence-electron chi connectivity index (χ2n) is 5.42. The average Bonchev–Trinajstić information content (AvgIpc) is 3.10. The molecule has 1 unspecified atom stereocenters. The summed E-state index contributed by atoms with van der Waals surface area (Å²) < 4.78 is 2.23. The molecule has 0 saturated carbocycles. The maximum absolute atomic E-state index is 11.3. The minimum absolute atomic E-state index is 0.515. The van der Waals surface area contributed by atoms with Crippen LogP contribution in [0.15, 0.2) is 59.6 Å². The number of nitrogens with zero attached hydrogens (tertiary/aromatic N) is 1. The van der Waals surface area contributed by atoms with E-state index in [1.54, 1.807) is 0 Å². The zero-order valence-electron chi connectivity index (χ0n) is 11.5. The lowest BCUT2D eigenvalue weighted by Gasteiger charge is -2.13. The summed E-state index contributed by atoms with van der Waals surface area (Å²) in [7, 11) is 0. The summed E-state index contributed by atoms with van der Waals surface area (Å²) in [6, 6.07) is 16.8. The monoisotopic (exact) mass is 293 g/mol. The molecule has 3 heteroatoms. The first-order valence-corrected chi connectivity index (χ1v) is 8.10. The van der Waals surface area contributed by atoms with E-state index in [0.717, 1.165) is 35.1 Å². The van der Waals surface area contributed by atoms with Crippen LogP contribution in [0.4, 0.5) is 0 Å². The van der Waals surface area contributed by atoms with E-state index in [2.05, 4.69) is 34.9 Å². The van der Waals surface area contributed by atoms with Crippen molar-refractivity contribution in [1.29, 1.82) is 0 Å². The van der Waals surface area contributed by atoms with Gasteiger partial charge in [-0.3, -0.25) is 4.79 Å². The Bertz CT molecular complexity index is 821. The Morgan fingerprint density at radius 3 is 2.86 bits per heavy atom. The molecule has 1 atom stereocenters. The molecule has 2 nitrogen and oxygen atoms in total. The lowest BCUT2D eigenvalue weighted by Crippen LogP contribution is -2.07. The molecule has 0 N–H and O–H groups in total. The van der Waals surface area contributed by atoms with Crippen LogP contribution in [-0.2, 0) is 6.54 Å². The highest BCUT2D eigenvalue weighted by Gasteiger charge is 2.23. The highest BCUT2D eigenvalue weighted by molar-refractivity contribution is 7.99. The van der Waals surface area contributed by atoms with E-state index in [1.807, 2.05) is 36.2 Å². The van der Waals surface area contributed by atoms with Gasteiger partial charge < -0.3 is 4.57 Å². The van der Waals surface area contributed by atoms with Gasteiger partial charge in [0.15, 0.2) is 6.29 Å². The Kier molecular flexibility index (Phi) is 3.08. The van der Waals surface area contributed by atoms with Gasteiger partial charge in [0.1, 0.15) is 0 Å². The van der Waals surface area contributed by atoms with Gasteiger partial charge in [-0.15, -0.1) is 11.8 Å². The van der Waals surface area contributed by atoms with Crippen molar-refractivity contribution in [1.82, 2.24) is 4.57 Å². The van der Waals surface area contributed by atoms with Crippen LogP contribution in [0.1, 0.15) is 21.8 Å². The van der Waals surface area contributed by atoms with E-state index in [1.165, 1.54) is 10.5 Å². The van der Waals surface area contributed by atoms with Crippen LogP contribution in [0, 0.1) is 0 Å². The largest absolute Gasteiger partial charge is 0.346 e. The number of aldehydes is 1. The maximum atomic E-state index is 11.3. The molecule has 0 spiro atoms. The second kappa shape index (κ2) is 5.08. The van der Waals surface area contributed by atoms with Crippen molar-refractivity contribution in [3.8, 4) is 0 Å². The van der Waals surface area contributed by atoms with Crippen molar-refractivity contribution in [3.63, 3.8) is 0 Å². The lowest BCUT2D eigenvalue weighted by molar-refractivity contribution is 0.112. The van der Waals surface area contributed by atoms with Crippen molar-refractivity contribution in [2.24, 2.45) is 0 Å². The summed E-state index contributed by atoms with van der Waals surface area (Å²) in [5.41, 5.74) is 3.37. The molecule has 4 rings (SSSR count). The zero-order valence-corrected chi connectivity index (χ0v) is 12.3. The molecule has 1 aromatic heterocycles. The third-order valence-electron chi connectivity index (χ3n) is 4.16. The first-order valence-electron chi connectivity index (χ1n) is 7.11. The second-order valence-corrected chi connectivity index (χ2v) is 6.48. The molecule has 0 saturated heterocycles. The fourth-order valence-corrected chi connectivity index (χ4v) is 4.38. The number of para-hydroxylation sites is 1. The minimum atomic E-state index is 0.515. The highest BCUT2D eigenvalue weighted by atomic mass is 32.2. The normalized spacial score (nSPS) is 17.0. The number of fused-ring (bicyclic) bond motifs is 2. The molecule has 21 heavy (non-hydrogen) atoms. The zero-order chi connectivity index (χ0) is 14.2. The topological polar surface area (TPSA) is 22.0 Å². The predicted molar refractivity (Wildman–Crippen MR) is 87.2 cm³/mol. The maximum Gasteiger partial charge on any atom is 0.152 e. The van der Waals surface area contributed by atoms with E-state index in [9.17, 15) is 4.79 Å². The smallest absolute Gasteiger partial charge is 0.152 e. The lowest BCUT2D eigenvalue weighted by atomic mass is 10.0. The first kappa shape index (κ1) is 12.7. The Labute approximate surface area is 127 Å². The van der Waals surface area contributed by atoms with Crippen LogP contribution in [0.3, 0.4) is 0 Å². The van der Waals surface area contributed by atoms with E-state index in [0.29, 0.717) is 5.92 Å². The van der Waals surface area contributed by atoms with Gasteiger partial charge in [0, 0.05) is 45.8 Å².